The van der Waals surface area contributed by atoms with E-state index in [1.165, 1.54) is 0 Å². The van der Waals surface area contributed by atoms with Gasteiger partial charge >= 0.3 is 0 Å². The molecule has 6 nitrogen and oxygen atoms in total. The molecule has 2 fully saturated rings. The first-order chi connectivity index (χ1) is 14.1. The van der Waals surface area contributed by atoms with Crippen LogP contribution >= 0.6 is 11.6 Å². The van der Waals surface area contributed by atoms with E-state index in [2.05, 4.69) is 10.2 Å². The molecule has 2 amide bonds. The average molecular weight is 414 g/mol. The zero-order valence-corrected chi connectivity index (χ0v) is 16.9. The maximum atomic E-state index is 12.5. The number of carbonyl (C=O) groups excluding carboxylic acids is 2. The highest BCUT2D eigenvalue weighted by molar-refractivity contribution is 6.30. The van der Waals surface area contributed by atoms with Crippen LogP contribution in [0.3, 0.4) is 0 Å². The lowest BCUT2D eigenvalue weighted by Crippen LogP contribution is -2.50. The highest BCUT2D eigenvalue weighted by Gasteiger charge is 2.29. The van der Waals surface area contributed by atoms with Crippen molar-refractivity contribution in [3.05, 3.63) is 53.6 Å². The molecule has 7 heteroatoms. The number of nitrogens with zero attached hydrogens (tertiary/aromatic N) is 2. The van der Waals surface area contributed by atoms with E-state index in [0.717, 1.165) is 31.6 Å². The number of hydrogen-bond acceptors (Lipinski definition) is 4. The second kappa shape index (κ2) is 8.74. The predicted octanol–water partition coefficient (Wildman–Crippen LogP) is 3.42. The zero-order valence-electron chi connectivity index (χ0n) is 16.1. The Hall–Kier alpha value is -2.73. The van der Waals surface area contributed by atoms with E-state index in [0.29, 0.717) is 29.5 Å². The molecule has 1 aliphatic carbocycles. The molecular formula is C22H24ClN3O3. The van der Waals surface area contributed by atoms with Crippen LogP contribution < -0.4 is 15.0 Å². The highest BCUT2D eigenvalue weighted by Crippen LogP contribution is 2.30. The summed E-state index contributed by atoms with van der Waals surface area (Å²) in [5.41, 5.74) is 1.77. The molecule has 4 rings (SSSR count). The Bertz CT molecular complexity index is 892. The third kappa shape index (κ3) is 5.21. The third-order valence-corrected chi connectivity index (χ3v) is 5.45. The molecule has 2 aromatic carbocycles. The van der Waals surface area contributed by atoms with Crippen LogP contribution in [0.1, 0.15) is 12.8 Å². The molecule has 152 valence electrons. The van der Waals surface area contributed by atoms with Crippen molar-refractivity contribution in [3.63, 3.8) is 0 Å². The fourth-order valence-electron chi connectivity index (χ4n) is 3.38. The summed E-state index contributed by atoms with van der Waals surface area (Å²) in [7, 11) is 0. The summed E-state index contributed by atoms with van der Waals surface area (Å²) >= 11 is 6.07. The van der Waals surface area contributed by atoms with Crippen LogP contribution in [0.2, 0.25) is 5.02 Å². The zero-order chi connectivity index (χ0) is 20.2. The minimum Gasteiger partial charge on any atom is -0.484 e. The van der Waals surface area contributed by atoms with E-state index >= 15 is 0 Å². The molecule has 0 unspecified atom stereocenters. The van der Waals surface area contributed by atoms with Crippen LogP contribution in [-0.4, -0.2) is 49.5 Å². The molecule has 2 aliphatic rings. The molecule has 0 bridgehead atoms. The number of carbonyl (C=O) groups is 2. The summed E-state index contributed by atoms with van der Waals surface area (Å²) in [5.74, 6) is 0.732. The van der Waals surface area contributed by atoms with Crippen molar-refractivity contribution < 1.29 is 14.3 Å². The lowest BCUT2D eigenvalue weighted by Gasteiger charge is -2.36. The third-order valence-electron chi connectivity index (χ3n) is 5.22. The van der Waals surface area contributed by atoms with E-state index in [-0.39, 0.29) is 24.3 Å². The van der Waals surface area contributed by atoms with Gasteiger partial charge in [-0.1, -0.05) is 23.7 Å². The first kappa shape index (κ1) is 19.6. The van der Waals surface area contributed by atoms with Gasteiger partial charge in [-0.15, -0.1) is 0 Å². The molecule has 29 heavy (non-hydrogen) atoms. The molecule has 0 atom stereocenters. The number of halogens is 1. The number of rotatable bonds is 6. The van der Waals surface area contributed by atoms with Gasteiger partial charge in [-0.05, 0) is 43.2 Å². The van der Waals surface area contributed by atoms with Gasteiger partial charge < -0.3 is 19.9 Å². The summed E-state index contributed by atoms with van der Waals surface area (Å²) in [6.45, 7) is 2.79. The highest BCUT2D eigenvalue weighted by atomic mass is 35.5. The first-order valence-corrected chi connectivity index (χ1v) is 10.3. The fourth-order valence-corrected chi connectivity index (χ4v) is 3.56. The normalized spacial score (nSPS) is 16.4. The second-order valence-corrected chi connectivity index (χ2v) is 7.86. The van der Waals surface area contributed by atoms with Crippen molar-refractivity contribution in [1.82, 2.24) is 4.90 Å². The van der Waals surface area contributed by atoms with Gasteiger partial charge in [0.25, 0.3) is 5.91 Å². The van der Waals surface area contributed by atoms with Gasteiger partial charge in [0.1, 0.15) is 5.75 Å². The lowest BCUT2D eigenvalue weighted by atomic mass is 10.2. The van der Waals surface area contributed by atoms with Gasteiger partial charge in [-0.25, -0.2) is 0 Å². The van der Waals surface area contributed by atoms with Crippen LogP contribution in [0.25, 0.3) is 0 Å². The molecule has 1 heterocycles. The average Bonchev–Trinajstić information content (AvgIpc) is 3.58. The predicted molar refractivity (Wildman–Crippen MR) is 114 cm³/mol. The lowest BCUT2D eigenvalue weighted by molar-refractivity contribution is -0.133. The van der Waals surface area contributed by atoms with Crippen molar-refractivity contribution in [3.8, 4) is 5.75 Å². The van der Waals surface area contributed by atoms with E-state index in [9.17, 15) is 9.59 Å². The quantitative estimate of drug-likeness (QED) is 0.788. The summed E-state index contributed by atoms with van der Waals surface area (Å²) in [6, 6.07) is 14.9. The van der Waals surface area contributed by atoms with Gasteiger partial charge in [0.05, 0.1) is 0 Å². The van der Waals surface area contributed by atoms with Crippen LogP contribution in [0, 0.1) is 5.92 Å². The molecule has 1 aliphatic heterocycles. The van der Waals surface area contributed by atoms with Crippen LogP contribution in [0.4, 0.5) is 11.4 Å². The molecule has 1 N–H and O–H groups in total. The largest absolute Gasteiger partial charge is 0.484 e. The standard InChI is InChI=1S/C22H24ClN3O3/c23-17-3-1-5-19(13-17)25-9-11-26(12-10-25)21(27)15-29-20-6-2-4-18(14-20)24-22(28)16-7-8-16/h1-6,13-14,16H,7-12,15H2,(H,24,28). The van der Waals surface area contributed by atoms with Crippen molar-refractivity contribution in [2.75, 3.05) is 43.0 Å². The van der Waals surface area contributed by atoms with E-state index in [1.807, 2.05) is 41.3 Å². The Morgan fingerprint density at radius 3 is 2.52 bits per heavy atom. The number of ether oxygens (including phenoxy) is 1. The van der Waals surface area contributed by atoms with Crippen LogP contribution in [-0.2, 0) is 9.59 Å². The van der Waals surface area contributed by atoms with Crippen molar-refractivity contribution in [1.29, 1.82) is 0 Å². The first-order valence-electron chi connectivity index (χ1n) is 9.90. The number of hydrogen-bond donors (Lipinski definition) is 1. The Morgan fingerprint density at radius 1 is 1.03 bits per heavy atom. The maximum absolute atomic E-state index is 12.5. The molecule has 0 aromatic heterocycles. The van der Waals surface area contributed by atoms with Crippen molar-refractivity contribution in [2.24, 2.45) is 5.92 Å². The Kier molecular flexibility index (Phi) is 5.90. The van der Waals surface area contributed by atoms with Gasteiger partial charge in [-0.2, -0.15) is 0 Å². The number of anilines is 2. The minimum absolute atomic E-state index is 0.0167. The van der Waals surface area contributed by atoms with E-state index in [1.54, 1.807) is 12.1 Å². The summed E-state index contributed by atoms with van der Waals surface area (Å²) < 4.78 is 5.67. The molecule has 1 saturated carbocycles. The van der Waals surface area contributed by atoms with Gasteiger partial charge in [0, 0.05) is 54.6 Å². The number of piperazine rings is 1. The fraction of sp³-hybridized carbons (Fsp3) is 0.364. The summed E-state index contributed by atoms with van der Waals surface area (Å²) in [4.78, 5) is 28.4. The van der Waals surface area contributed by atoms with Crippen LogP contribution in [0.5, 0.6) is 5.75 Å². The maximum Gasteiger partial charge on any atom is 0.260 e. The Morgan fingerprint density at radius 2 is 1.79 bits per heavy atom. The molecular weight excluding hydrogens is 390 g/mol. The summed E-state index contributed by atoms with van der Waals surface area (Å²) in [5, 5.41) is 3.60. The molecule has 1 saturated heterocycles. The van der Waals surface area contributed by atoms with Gasteiger partial charge in [0.15, 0.2) is 6.61 Å². The Balaban J connectivity index is 1.25. The molecule has 2 aromatic rings. The van der Waals surface area contributed by atoms with Gasteiger partial charge in [0.2, 0.25) is 5.91 Å². The SMILES string of the molecule is O=C(Nc1cccc(OCC(=O)N2CCN(c3cccc(Cl)c3)CC2)c1)C1CC1. The number of amides is 2. The summed E-state index contributed by atoms with van der Waals surface area (Å²) in [6.07, 6.45) is 1.92. The van der Waals surface area contributed by atoms with Gasteiger partial charge in [-0.3, -0.25) is 9.59 Å². The van der Waals surface area contributed by atoms with Crippen molar-refractivity contribution in [2.45, 2.75) is 12.8 Å². The smallest absolute Gasteiger partial charge is 0.260 e. The van der Waals surface area contributed by atoms with E-state index in [4.69, 9.17) is 16.3 Å². The monoisotopic (exact) mass is 413 g/mol. The molecule has 0 spiro atoms. The van der Waals surface area contributed by atoms with Crippen molar-refractivity contribution >= 4 is 34.8 Å². The number of benzene rings is 2. The van der Waals surface area contributed by atoms with Crippen LogP contribution in [0.15, 0.2) is 48.5 Å². The number of nitrogens with one attached hydrogen (secondary N) is 1. The molecule has 0 radical (unpaired) electrons. The minimum atomic E-state index is -0.0387. The Labute approximate surface area is 175 Å². The second-order valence-electron chi connectivity index (χ2n) is 7.43. The van der Waals surface area contributed by atoms with E-state index < -0.39 is 0 Å². The topological polar surface area (TPSA) is 61.9 Å².